The van der Waals surface area contributed by atoms with Gasteiger partial charge in [-0.3, -0.25) is 9.59 Å². The SMILES string of the molecule is COc1cc(NC(=O)CCc2ccc(C#N)cc2)ccc1N1CCCC1=O. The zero-order valence-electron chi connectivity index (χ0n) is 15.2. The highest BCUT2D eigenvalue weighted by molar-refractivity contribution is 5.98. The van der Waals surface area contributed by atoms with E-state index in [0.29, 0.717) is 42.8 Å². The number of anilines is 2. The number of hydrogen-bond donors (Lipinski definition) is 1. The summed E-state index contributed by atoms with van der Waals surface area (Å²) in [6.07, 6.45) is 2.32. The summed E-state index contributed by atoms with van der Waals surface area (Å²) in [5.41, 5.74) is 2.97. The summed E-state index contributed by atoms with van der Waals surface area (Å²) in [5.74, 6) is 0.550. The number of amides is 2. The van der Waals surface area contributed by atoms with Gasteiger partial charge in [-0.05, 0) is 42.7 Å². The van der Waals surface area contributed by atoms with Gasteiger partial charge in [-0.2, -0.15) is 5.26 Å². The van der Waals surface area contributed by atoms with Gasteiger partial charge >= 0.3 is 0 Å². The topological polar surface area (TPSA) is 82.4 Å². The summed E-state index contributed by atoms with van der Waals surface area (Å²) in [7, 11) is 1.55. The molecule has 1 saturated heterocycles. The van der Waals surface area contributed by atoms with Crippen molar-refractivity contribution >= 4 is 23.2 Å². The third-order valence-corrected chi connectivity index (χ3v) is 4.55. The highest BCUT2D eigenvalue weighted by Crippen LogP contribution is 2.33. The van der Waals surface area contributed by atoms with Gasteiger partial charge in [0.1, 0.15) is 5.75 Å². The number of rotatable bonds is 6. The zero-order valence-corrected chi connectivity index (χ0v) is 15.2. The summed E-state index contributed by atoms with van der Waals surface area (Å²) in [4.78, 5) is 25.9. The molecule has 3 rings (SSSR count). The Bertz CT molecular complexity index is 885. The molecule has 2 aromatic carbocycles. The monoisotopic (exact) mass is 363 g/mol. The van der Waals surface area contributed by atoms with E-state index in [9.17, 15) is 9.59 Å². The van der Waals surface area contributed by atoms with Gasteiger partial charge in [0.25, 0.3) is 0 Å². The first-order valence-electron chi connectivity index (χ1n) is 8.88. The minimum atomic E-state index is -0.105. The zero-order chi connectivity index (χ0) is 19.2. The Balaban J connectivity index is 1.61. The van der Waals surface area contributed by atoms with Crippen LogP contribution >= 0.6 is 0 Å². The van der Waals surface area contributed by atoms with E-state index in [4.69, 9.17) is 10.00 Å². The predicted molar refractivity (Wildman–Crippen MR) is 103 cm³/mol. The van der Waals surface area contributed by atoms with Gasteiger partial charge in [-0.1, -0.05) is 12.1 Å². The first-order chi connectivity index (χ1) is 13.1. The molecule has 0 radical (unpaired) electrons. The number of carbonyl (C=O) groups excluding carboxylic acids is 2. The molecule has 1 N–H and O–H groups in total. The van der Waals surface area contributed by atoms with Crippen LogP contribution in [-0.2, 0) is 16.0 Å². The molecule has 0 saturated carbocycles. The van der Waals surface area contributed by atoms with Crippen LogP contribution in [0.2, 0.25) is 0 Å². The lowest BCUT2D eigenvalue weighted by Gasteiger charge is -2.19. The Labute approximate surface area is 158 Å². The van der Waals surface area contributed by atoms with Crippen LogP contribution in [0.5, 0.6) is 5.75 Å². The van der Waals surface area contributed by atoms with Crippen molar-refractivity contribution in [3.63, 3.8) is 0 Å². The van der Waals surface area contributed by atoms with E-state index in [1.54, 1.807) is 42.3 Å². The van der Waals surface area contributed by atoms with Crippen molar-refractivity contribution in [3.05, 3.63) is 53.6 Å². The van der Waals surface area contributed by atoms with Crippen molar-refractivity contribution in [3.8, 4) is 11.8 Å². The number of nitrogens with zero attached hydrogens (tertiary/aromatic N) is 2. The number of ether oxygens (including phenoxy) is 1. The van der Waals surface area contributed by atoms with Gasteiger partial charge in [0.2, 0.25) is 11.8 Å². The molecule has 6 heteroatoms. The molecule has 1 heterocycles. The fourth-order valence-corrected chi connectivity index (χ4v) is 3.11. The summed E-state index contributed by atoms with van der Waals surface area (Å²) in [5, 5.41) is 11.7. The molecule has 0 atom stereocenters. The number of nitriles is 1. The van der Waals surface area contributed by atoms with Crippen LogP contribution in [0.25, 0.3) is 0 Å². The molecule has 1 aliphatic heterocycles. The van der Waals surface area contributed by atoms with Crippen LogP contribution < -0.4 is 15.0 Å². The third kappa shape index (κ3) is 4.45. The third-order valence-electron chi connectivity index (χ3n) is 4.55. The van der Waals surface area contributed by atoms with E-state index in [2.05, 4.69) is 11.4 Å². The molecule has 6 nitrogen and oxygen atoms in total. The number of carbonyl (C=O) groups is 2. The fraction of sp³-hybridized carbons (Fsp3) is 0.286. The smallest absolute Gasteiger partial charge is 0.227 e. The molecular formula is C21H21N3O3. The summed E-state index contributed by atoms with van der Waals surface area (Å²) < 4.78 is 5.41. The molecular weight excluding hydrogens is 342 g/mol. The van der Waals surface area contributed by atoms with Crippen molar-refractivity contribution in [2.24, 2.45) is 0 Å². The first kappa shape index (κ1) is 18.5. The highest BCUT2D eigenvalue weighted by Gasteiger charge is 2.24. The minimum Gasteiger partial charge on any atom is -0.494 e. The minimum absolute atomic E-state index is 0.0903. The Hall–Kier alpha value is -3.33. The maximum Gasteiger partial charge on any atom is 0.227 e. The van der Waals surface area contributed by atoms with Crippen LogP contribution in [-0.4, -0.2) is 25.5 Å². The normalized spacial score (nSPS) is 13.3. The Morgan fingerprint density at radius 3 is 2.67 bits per heavy atom. The second kappa shape index (κ2) is 8.37. The lowest BCUT2D eigenvalue weighted by molar-refractivity contribution is -0.117. The number of aryl methyl sites for hydroxylation is 1. The van der Waals surface area contributed by atoms with Crippen LogP contribution in [0.1, 0.15) is 30.4 Å². The molecule has 0 spiro atoms. The molecule has 1 fully saturated rings. The van der Waals surface area contributed by atoms with E-state index in [1.807, 2.05) is 12.1 Å². The standard InChI is InChI=1S/C21H21N3O3/c1-27-19-13-17(9-10-18(19)24-12-2-3-21(24)26)23-20(25)11-8-15-4-6-16(14-22)7-5-15/h4-7,9-10,13H,2-3,8,11-12H2,1H3,(H,23,25). The van der Waals surface area contributed by atoms with E-state index >= 15 is 0 Å². The second-order valence-electron chi connectivity index (χ2n) is 6.39. The maximum absolute atomic E-state index is 12.2. The van der Waals surface area contributed by atoms with Gasteiger partial charge < -0.3 is 15.0 Å². The molecule has 1 aliphatic rings. The Morgan fingerprint density at radius 1 is 1.26 bits per heavy atom. The van der Waals surface area contributed by atoms with Crippen molar-refractivity contribution in [2.45, 2.75) is 25.7 Å². The van der Waals surface area contributed by atoms with Crippen LogP contribution in [0.4, 0.5) is 11.4 Å². The van der Waals surface area contributed by atoms with Crippen molar-refractivity contribution in [1.82, 2.24) is 0 Å². The molecule has 138 valence electrons. The average molecular weight is 363 g/mol. The summed E-state index contributed by atoms with van der Waals surface area (Å²) in [6.45, 7) is 0.686. The number of nitrogens with one attached hydrogen (secondary N) is 1. The maximum atomic E-state index is 12.2. The number of hydrogen-bond acceptors (Lipinski definition) is 4. The number of benzene rings is 2. The molecule has 0 bridgehead atoms. The van der Waals surface area contributed by atoms with Crippen LogP contribution in [0, 0.1) is 11.3 Å². The average Bonchev–Trinajstić information content (AvgIpc) is 3.12. The first-order valence-corrected chi connectivity index (χ1v) is 8.88. The lowest BCUT2D eigenvalue weighted by atomic mass is 10.1. The molecule has 2 aromatic rings. The quantitative estimate of drug-likeness (QED) is 0.854. The van der Waals surface area contributed by atoms with E-state index < -0.39 is 0 Å². The Kier molecular flexibility index (Phi) is 5.72. The molecule has 0 unspecified atom stereocenters. The lowest BCUT2D eigenvalue weighted by Crippen LogP contribution is -2.24. The van der Waals surface area contributed by atoms with Gasteiger partial charge in [0, 0.05) is 31.1 Å². The second-order valence-corrected chi connectivity index (χ2v) is 6.39. The highest BCUT2D eigenvalue weighted by atomic mass is 16.5. The summed E-state index contributed by atoms with van der Waals surface area (Å²) in [6, 6.07) is 14.6. The van der Waals surface area contributed by atoms with E-state index in [1.165, 1.54) is 0 Å². The number of methoxy groups -OCH3 is 1. The molecule has 2 amide bonds. The van der Waals surface area contributed by atoms with Gasteiger partial charge in [-0.25, -0.2) is 0 Å². The Morgan fingerprint density at radius 2 is 2.04 bits per heavy atom. The predicted octanol–water partition coefficient (Wildman–Crippen LogP) is 3.26. The van der Waals surface area contributed by atoms with Crippen molar-refractivity contribution < 1.29 is 14.3 Å². The van der Waals surface area contributed by atoms with Crippen LogP contribution in [0.3, 0.4) is 0 Å². The van der Waals surface area contributed by atoms with Gasteiger partial charge in [0.15, 0.2) is 0 Å². The van der Waals surface area contributed by atoms with Crippen LogP contribution in [0.15, 0.2) is 42.5 Å². The van der Waals surface area contributed by atoms with Gasteiger partial charge in [-0.15, -0.1) is 0 Å². The summed E-state index contributed by atoms with van der Waals surface area (Å²) >= 11 is 0. The van der Waals surface area contributed by atoms with E-state index in [-0.39, 0.29) is 11.8 Å². The molecule has 0 aliphatic carbocycles. The van der Waals surface area contributed by atoms with Crippen molar-refractivity contribution in [2.75, 3.05) is 23.9 Å². The fourth-order valence-electron chi connectivity index (χ4n) is 3.11. The van der Waals surface area contributed by atoms with Gasteiger partial charge in [0.05, 0.1) is 24.4 Å². The van der Waals surface area contributed by atoms with Crippen molar-refractivity contribution in [1.29, 1.82) is 5.26 Å². The largest absolute Gasteiger partial charge is 0.494 e. The molecule has 27 heavy (non-hydrogen) atoms. The molecule has 0 aromatic heterocycles. The van der Waals surface area contributed by atoms with E-state index in [0.717, 1.165) is 17.7 Å².